The van der Waals surface area contributed by atoms with Crippen LogP contribution in [0.5, 0.6) is 0 Å². The van der Waals surface area contributed by atoms with E-state index in [1.165, 1.54) is 96.6 Å². The highest BCUT2D eigenvalue weighted by molar-refractivity contribution is 5.10. The summed E-state index contributed by atoms with van der Waals surface area (Å²) in [6.45, 7) is 17.0. The van der Waals surface area contributed by atoms with E-state index in [9.17, 15) is 0 Å². The second-order valence-corrected chi connectivity index (χ2v) is 15.3. The number of rotatable bonds is 13. The van der Waals surface area contributed by atoms with Crippen molar-refractivity contribution < 1.29 is 0 Å². The Hall–Kier alpha value is -0.120. The van der Waals surface area contributed by atoms with Gasteiger partial charge in [0.15, 0.2) is 0 Å². The smallest absolute Gasteiger partial charge is 0.0101 e. The van der Waals surface area contributed by atoms with Gasteiger partial charge in [-0.3, -0.25) is 0 Å². The number of hydrogen-bond donors (Lipinski definition) is 2. The van der Waals surface area contributed by atoms with Gasteiger partial charge in [0, 0.05) is 6.04 Å². The summed E-state index contributed by atoms with van der Waals surface area (Å²) in [6, 6.07) is 0.773. The molecule has 9 atom stereocenters. The van der Waals surface area contributed by atoms with Crippen molar-refractivity contribution in [3.05, 3.63) is 0 Å². The number of unbranched alkanes of at least 4 members (excludes halogenated alkanes) is 1. The Labute approximate surface area is 231 Å². The van der Waals surface area contributed by atoms with E-state index >= 15 is 0 Å². The number of hydrogen-bond acceptors (Lipinski definition) is 3. The van der Waals surface area contributed by atoms with Crippen molar-refractivity contribution in [1.82, 2.24) is 4.90 Å². The topological polar surface area (TPSA) is 55.3 Å². The van der Waals surface area contributed by atoms with Crippen LogP contribution in [0.1, 0.15) is 131 Å². The molecule has 216 valence electrons. The first-order valence-electron chi connectivity index (χ1n) is 16.9. The van der Waals surface area contributed by atoms with Gasteiger partial charge in [-0.25, -0.2) is 0 Å². The van der Waals surface area contributed by atoms with E-state index in [1.54, 1.807) is 0 Å². The summed E-state index contributed by atoms with van der Waals surface area (Å²) >= 11 is 0. The number of nitrogens with two attached hydrogens (primary N) is 2. The van der Waals surface area contributed by atoms with Crippen molar-refractivity contribution in [2.24, 2.45) is 63.7 Å². The van der Waals surface area contributed by atoms with E-state index in [4.69, 9.17) is 11.5 Å². The molecule has 0 aliphatic heterocycles. The van der Waals surface area contributed by atoms with Crippen LogP contribution in [0.25, 0.3) is 0 Å². The van der Waals surface area contributed by atoms with E-state index in [-0.39, 0.29) is 0 Å². The zero-order valence-corrected chi connectivity index (χ0v) is 25.7. The molecule has 4 saturated carbocycles. The van der Waals surface area contributed by atoms with Crippen LogP contribution < -0.4 is 11.5 Å². The van der Waals surface area contributed by atoms with E-state index in [0.717, 1.165) is 73.4 Å². The van der Waals surface area contributed by atoms with E-state index in [2.05, 4.69) is 39.5 Å². The standard InChI is InChI=1S/C34H65N3/c1-25(2)10-8-11-26(3)30-16-17-31-29-15-13-27-12-14-28(37(23-9-21-36)22-7-6-20-35)24-34(27,5)32(29)18-19-33(30,31)4/h25-32H,6-24,35-36H2,1-5H3/t26-,27?,28?,29+,30-,31+,32+,33-,34+/m1/s1. The molecule has 0 radical (unpaired) electrons. The van der Waals surface area contributed by atoms with Gasteiger partial charge in [-0.05, 0) is 155 Å². The normalized spacial score (nSPS) is 40.5. The first-order valence-corrected chi connectivity index (χ1v) is 16.9. The molecule has 37 heavy (non-hydrogen) atoms. The van der Waals surface area contributed by atoms with Crippen LogP contribution in [0.4, 0.5) is 0 Å². The fraction of sp³-hybridized carbons (Fsp3) is 1.00. The minimum absolute atomic E-state index is 0.558. The molecule has 4 aliphatic carbocycles. The van der Waals surface area contributed by atoms with Crippen LogP contribution in [0, 0.1) is 52.3 Å². The highest BCUT2D eigenvalue weighted by Gasteiger charge is 2.60. The van der Waals surface area contributed by atoms with E-state index in [1.807, 2.05) is 0 Å². The SMILES string of the molecule is CC(C)CCC[C@@H](C)[C@H]1CC[C@H]2[C@@H]3CCC4CCC(N(CCCN)CCCCN)C[C@]4(C)[C@H]3CC[C@]12C. The molecule has 0 heterocycles. The van der Waals surface area contributed by atoms with Crippen molar-refractivity contribution in [3.63, 3.8) is 0 Å². The molecule has 0 spiro atoms. The van der Waals surface area contributed by atoms with Gasteiger partial charge >= 0.3 is 0 Å². The second-order valence-electron chi connectivity index (χ2n) is 15.3. The van der Waals surface area contributed by atoms with Crippen LogP contribution in [0.2, 0.25) is 0 Å². The molecule has 0 saturated heterocycles. The van der Waals surface area contributed by atoms with Gasteiger partial charge in [0.05, 0.1) is 0 Å². The Morgan fingerprint density at radius 2 is 1.43 bits per heavy atom. The molecule has 0 aromatic carbocycles. The van der Waals surface area contributed by atoms with Crippen LogP contribution in [0.15, 0.2) is 0 Å². The lowest BCUT2D eigenvalue weighted by molar-refractivity contribution is -0.126. The second kappa shape index (κ2) is 13.0. The molecule has 2 unspecified atom stereocenters. The Morgan fingerprint density at radius 3 is 2.16 bits per heavy atom. The zero-order chi connectivity index (χ0) is 26.6. The zero-order valence-electron chi connectivity index (χ0n) is 25.7. The Balaban J connectivity index is 1.44. The summed E-state index contributed by atoms with van der Waals surface area (Å²) < 4.78 is 0. The van der Waals surface area contributed by atoms with Gasteiger partial charge in [0.25, 0.3) is 0 Å². The van der Waals surface area contributed by atoms with Crippen molar-refractivity contribution in [3.8, 4) is 0 Å². The third-order valence-corrected chi connectivity index (χ3v) is 12.9. The van der Waals surface area contributed by atoms with Crippen LogP contribution in [-0.2, 0) is 0 Å². The van der Waals surface area contributed by atoms with Gasteiger partial charge in [-0.1, -0.05) is 53.9 Å². The Morgan fingerprint density at radius 1 is 0.730 bits per heavy atom. The van der Waals surface area contributed by atoms with Crippen LogP contribution in [-0.4, -0.2) is 37.1 Å². The minimum Gasteiger partial charge on any atom is -0.330 e. The molecular formula is C34H65N3. The van der Waals surface area contributed by atoms with Gasteiger partial charge < -0.3 is 16.4 Å². The average molecular weight is 516 g/mol. The summed E-state index contributed by atoms with van der Waals surface area (Å²) in [5.74, 6) is 6.70. The largest absolute Gasteiger partial charge is 0.330 e. The summed E-state index contributed by atoms with van der Waals surface area (Å²) in [7, 11) is 0. The van der Waals surface area contributed by atoms with Crippen LogP contribution in [0.3, 0.4) is 0 Å². The molecule has 4 fully saturated rings. The van der Waals surface area contributed by atoms with Crippen molar-refractivity contribution >= 4 is 0 Å². The highest BCUT2D eigenvalue weighted by atomic mass is 15.2. The monoisotopic (exact) mass is 516 g/mol. The molecule has 0 aromatic rings. The Bertz CT molecular complexity index is 693. The average Bonchev–Trinajstić information content (AvgIpc) is 3.22. The summed E-state index contributed by atoms with van der Waals surface area (Å²) in [4.78, 5) is 2.85. The van der Waals surface area contributed by atoms with Gasteiger partial charge in [-0.2, -0.15) is 0 Å². The molecule has 0 bridgehead atoms. The molecule has 4 rings (SSSR count). The summed E-state index contributed by atoms with van der Waals surface area (Å²) in [5.41, 5.74) is 13.0. The fourth-order valence-corrected chi connectivity index (χ4v) is 10.9. The first kappa shape index (κ1) is 29.9. The third-order valence-electron chi connectivity index (χ3n) is 12.9. The third kappa shape index (κ3) is 6.30. The number of nitrogens with zero attached hydrogens (tertiary/aromatic N) is 1. The van der Waals surface area contributed by atoms with E-state index in [0.29, 0.717) is 10.8 Å². The van der Waals surface area contributed by atoms with Crippen molar-refractivity contribution in [2.45, 2.75) is 137 Å². The molecule has 0 aromatic heterocycles. The molecular weight excluding hydrogens is 450 g/mol. The maximum Gasteiger partial charge on any atom is 0.0101 e. The number of fused-ring (bicyclic) bond motifs is 5. The maximum atomic E-state index is 5.97. The molecule has 4 aliphatic rings. The predicted molar refractivity (Wildman–Crippen MR) is 160 cm³/mol. The quantitative estimate of drug-likeness (QED) is 0.245. The molecule has 0 amide bonds. The lowest BCUT2D eigenvalue weighted by Crippen LogP contribution is -2.56. The molecule has 3 heteroatoms. The van der Waals surface area contributed by atoms with Gasteiger partial charge in [0.1, 0.15) is 0 Å². The lowest BCUT2D eigenvalue weighted by Gasteiger charge is -2.62. The molecule has 4 N–H and O–H groups in total. The summed E-state index contributed by atoms with van der Waals surface area (Å²) in [5, 5.41) is 0. The van der Waals surface area contributed by atoms with Crippen molar-refractivity contribution in [1.29, 1.82) is 0 Å². The Kier molecular flexibility index (Phi) is 10.5. The first-order chi connectivity index (χ1) is 17.7. The molecule has 3 nitrogen and oxygen atoms in total. The lowest BCUT2D eigenvalue weighted by atomic mass is 9.44. The van der Waals surface area contributed by atoms with Gasteiger partial charge in [-0.15, -0.1) is 0 Å². The highest BCUT2D eigenvalue weighted by Crippen LogP contribution is 2.68. The predicted octanol–water partition coefficient (Wildman–Crippen LogP) is 7.87. The van der Waals surface area contributed by atoms with Crippen molar-refractivity contribution in [2.75, 3.05) is 26.2 Å². The van der Waals surface area contributed by atoms with E-state index < -0.39 is 0 Å². The maximum absolute atomic E-state index is 5.97. The fourth-order valence-electron chi connectivity index (χ4n) is 10.9. The summed E-state index contributed by atoms with van der Waals surface area (Å²) in [6.07, 6.45) is 21.3. The van der Waals surface area contributed by atoms with Crippen LogP contribution >= 0.6 is 0 Å². The minimum atomic E-state index is 0.558. The van der Waals surface area contributed by atoms with Gasteiger partial charge in [0.2, 0.25) is 0 Å².